The number of nitriles is 1. The molecule has 1 saturated heterocycles. The highest BCUT2D eigenvalue weighted by molar-refractivity contribution is 6.47. The highest BCUT2D eigenvalue weighted by Gasteiger charge is 2.27. The molecule has 1 aliphatic heterocycles. The van der Waals surface area contributed by atoms with E-state index in [1.807, 2.05) is 52.8 Å². The lowest BCUT2D eigenvalue weighted by molar-refractivity contribution is 0.0207. The summed E-state index contributed by atoms with van der Waals surface area (Å²) in [7, 11) is 0. The lowest BCUT2D eigenvalue weighted by Crippen LogP contribution is -2.42. The molecule has 39 heavy (non-hydrogen) atoms. The zero-order valence-electron chi connectivity index (χ0n) is 23.0. The van der Waals surface area contributed by atoms with Crippen molar-refractivity contribution in [3.8, 4) is 11.9 Å². The summed E-state index contributed by atoms with van der Waals surface area (Å²) in [5, 5.41) is 13.7. The Labute approximate surface area is 228 Å². The number of hydrogen-bond donors (Lipinski definition) is 1. The smallest absolute Gasteiger partial charge is 0.410 e. The SMILES string of the molecule is CC(=NC1CCN(C(=O)OC(C)(C)C)CC1)/C(=N\N)c1cc(OC(C)c2ccccn2)n2c(C#N)cnc2c1. The number of ether oxygens (including phenoxy) is 2. The van der Waals surface area contributed by atoms with Crippen molar-refractivity contribution in [2.24, 2.45) is 15.9 Å². The van der Waals surface area contributed by atoms with Gasteiger partial charge in [-0.05, 0) is 65.7 Å². The summed E-state index contributed by atoms with van der Waals surface area (Å²) in [6.45, 7) is 10.4. The van der Waals surface area contributed by atoms with Crippen LogP contribution in [0, 0.1) is 11.3 Å². The van der Waals surface area contributed by atoms with E-state index < -0.39 is 5.60 Å². The second kappa shape index (κ2) is 11.5. The van der Waals surface area contributed by atoms with E-state index >= 15 is 0 Å². The maximum absolute atomic E-state index is 12.4. The minimum absolute atomic E-state index is 0.0145. The number of fused-ring (bicyclic) bond motifs is 1. The summed E-state index contributed by atoms with van der Waals surface area (Å²) in [5.74, 6) is 6.27. The Balaban J connectivity index is 1.57. The van der Waals surface area contributed by atoms with Crippen molar-refractivity contribution in [3.63, 3.8) is 0 Å². The normalized spacial score (nSPS) is 16.2. The summed E-state index contributed by atoms with van der Waals surface area (Å²) in [4.78, 5) is 27.8. The number of aliphatic imine (C=N–C) groups is 1. The highest BCUT2D eigenvalue weighted by atomic mass is 16.6. The molecule has 0 aromatic carbocycles. The maximum Gasteiger partial charge on any atom is 0.410 e. The number of hydrogen-bond acceptors (Lipinski definition) is 9. The van der Waals surface area contributed by atoms with Gasteiger partial charge in [0.1, 0.15) is 34.8 Å². The van der Waals surface area contributed by atoms with Crippen LogP contribution in [0.25, 0.3) is 5.65 Å². The fraction of sp³-hybridized carbons (Fsp3) is 0.429. The summed E-state index contributed by atoms with van der Waals surface area (Å²) < 4.78 is 13.4. The van der Waals surface area contributed by atoms with Gasteiger partial charge in [-0.15, -0.1) is 0 Å². The van der Waals surface area contributed by atoms with Gasteiger partial charge < -0.3 is 20.2 Å². The average Bonchev–Trinajstić information content (AvgIpc) is 3.32. The molecule has 11 heteroatoms. The standard InChI is InChI=1S/C28H34N8O3/c1-18(33-21-9-12-35(13-10-21)27(37)39-28(3,4)5)26(34-30)20-14-24-32-17-22(16-29)36(24)25(15-20)38-19(2)23-8-6-7-11-31-23/h6-8,11,14-15,17,19,21H,9-10,12-13,30H2,1-5H3/b33-18?,34-26+. The molecule has 1 fully saturated rings. The molecule has 1 aliphatic rings. The largest absolute Gasteiger partial charge is 0.469 e. The Bertz CT molecular complexity index is 1420. The fourth-order valence-corrected chi connectivity index (χ4v) is 4.45. The molecule has 3 aromatic rings. The minimum atomic E-state index is -0.531. The zero-order chi connectivity index (χ0) is 28.2. The van der Waals surface area contributed by atoms with Crippen LogP contribution >= 0.6 is 0 Å². The molecule has 3 aromatic heterocycles. The second-order valence-electron chi connectivity index (χ2n) is 10.4. The predicted octanol–water partition coefficient (Wildman–Crippen LogP) is 4.26. The molecule has 0 radical (unpaired) electrons. The number of amides is 1. The number of nitrogens with zero attached hydrogens (tertiary/aromatic N) is 7. The van der Waals surface area contributed by atoms with Crippen LogP contribution in [0.4, 0.5) is 4.79 Å². The predicted molar refractivity (Wildman–Crippen MR) is 148 cm³/mol. The van der Waals surface area contributed by atoms with Crippen molar-refractivity contribution in [2.75, 3.05) is 13.1 Å². The van der Waals surface area contributed by atoms with E-state index in [0.29, 0.717) is 60.1 Å². The van der Waals surface area contributed by atoms with E-state index in [1.165, 1.54) is 6.20 Å². The number of piperidine rings is 1. The second-order valence-corrected chi connectivity index (χ2v) is 10.4. The van der Waals surface area contributed by atoms with Gasteiger partial charge in [-0.25, -0.2) is 9.78 Å². The van der Waals surface area contributed by atoms with E-state index in [1.54, 1.807) is 27.6 Å². The molecule has 1 amide bonds. The average molecular weight is 531 g/mol. The van der Waals surface area contributed by atoms with Gasteiger partial charge >= 0.3 is 6.09 Å². The third kappa shape index (κ3) is 6.52. The Morgan fingerprint density at radius 1 is 1.23 bits per heavy atom. The first-order chi connectivity index (χ1) is 18.6. The first-order valence-electron chi connectivity index (χ1n) is 12.9. The van der Waals surface area contributed by atoms with Gasteiger partial charge in [0, 0.05) is 30.9 Å². The molecule has 0 spiro atoms. The van der Waals surface area contributed by atoms with Crippen molar-refractivity contribution in [2.45, 2.75) is 65.2 Å². The van der Waals surface area contributed by atoms with Gasteiger partial charge in [-0.3, -0.25) is 14.4 Å². The summed E-state index contributed by atoms with van der Waals surface area (Å²) in [6.07, 6.45) is 3.92. The van der Waals surface area contributed by atoms with Gasteiger partial charge in [0.25, 0.3) is 0 Å². The number of rotatable bonds is 6. The molecule has 204 valence electrons. The Hall–Kier alpha value is -4.46. The number of hydrazone groups is 1. The van der Waals surface area contributed by atoms with Crippen LogP contribution < -0.4 is 10.6 Å². The molecule has 4 rings (SSSR count). The summed E-state index contributed by atoms with van der Waals surface area (Å²) in [6, 6.07) is 11.4. The number of imidazole rings is 1. The Morgan fingerprint density at radius 3 is 2.59 bits per heavy atom. The molecular formula is C28H34N8O3. The number of nitrogens with two attached hydrogens (primary N) is 1. The lowest BCUT2D eigenvalue weighted by atomic mass is 10.0. The van der Waals surface area contributed by atoms with E-state index in [4.69, 9.17) is 20.3 Å². The molecule has 1 unspecified atom stereocenters. The third-order valence-corrected chi connectivity index (χ3v) is 6.33. The van der Waals surface area contributed by atoms with Gasteiger partial charge in [-0.2, -0.15) is 10.4 Å². The van der Waals surface area contributed by atoms with Gasteiger partial charge in [0.15, 0.2) is 0 Å². The summed E-state index contributed by atoms with van der Waals surface area (Å²) >= 11 is 0. The number of aromatic nitrogens is 3. The van der Waals surface area contributed by atoms with E-state index in [2.05, 4.69) is 21.1 Å². The number of likely N-dealkylation sites (tertiary alicyclic amines) is 1. The minimum Gasteiger partial charge on any atom is -0.469 e. The molecule has 0 saturated carbocycles. The van der Waals surface area contributed by atoms with Gasteiger partial charge in [0.2, 0.25) is 5.88 Å². The van der Waals surface area contributed by atoms with Crippen LogP contribution in [0.3, 0.4) is 0 Å². The van der Waals surface area contributed by atoms with Crippen LogP contribution in [0.15, 0.2) is 52.8 Å². The topological polar surface area (TPSA) is 143 Å². The molecule has 1 atom stereocenters. The molecule has 4 heterocycles. The lowest BCUT2D eigenvalue weighted by Gasteiger charge is -2.32. The maximum atomic E-state index is 12.4. The third-order valence-electron chi connectivity index (χ3n) is 6.33. The number of carbonyl (C=O) groups excluding carboxylic acids is 1. The Morgan fingerprint density at radius 2 is 1.97 bits per heavy atom. The first-order valence-corrected chi connectivity index (χ1v) is 12.9. The highest BCUT2D eigenvalue weighted by Crippen LogP contribution is 2.26. The molecule has 11 nitrogen and oxygen atoms in total. The van der Waals surface area contributed by atoms with Gasteiger partial charge in [-0.1, -0.05) is 6.07 Å². The van der Waals surface area contributed by atoms with Crippen LogP contribution in [0.2, 0.25) is 0 Å². The monoisotopic (exact) mass is 530 g/mol. The van der Waals surface area contributed by atoms with Crippen LogP contribution in [-0.2, 0) is 4.74 Å². The quantitative estimate of drug-likeness (QED) is 0.285. The van der Waals surface area contributed by atoms with Crippen molar-refractivity contribution in [1.82, 2.24) is 19.3 Å². The van der Waals surface area contributed by atoms with Crippen molar-refractivity contribution >= 4 is 23.2 Å². The molecule has 2 N–H and O–H groups in total. The number of carbonyl (C=O) groups is 1. The van der Waals surface area contributed by atoms with Crippen LogP contribution in [0.1, 0.15) is 70.5 Å². The summed E-state index contributed by atoms with van der Waals surface area (Å²) in [5.41, 5.74) is 2.89. The fourth-order valence-electron chi connectivity index (χ4n) is 4.45. The van der Waals surface area contributed by atoms with E-state index in [0.717, 1.165) is 5.69 Å². The zero-order valence-corrected chi connectivity index (χ0v) is 23.0. The van der Waals surface area contributed by atoms with Crippen molar-refractivity contribution < 1.29 is 14.3 Å². The van der Waals surface area contributed by atoms with Crippen LogP contribution in [-0.4, -0.2) is 61.5 Å². The molecule has 0 aliphatic carbocycles. The van der Waals surface area contributed by atoms with E-state index in [-0.39, 0.29) is 18.2 Å². The number of pyridine rings is 2. The van der Waals surface area contributed by atoms with Crippen LogP contribution in [0.5, 0.6) is 5.88 Å². The van der Waals surface area contributed by atoms with Crippen molar-refractivity contribution in [1.29, 1.82) is 5.26 Å². The molecule has 0 bridgehead atoms. The molecular weight excluding hydrogens is 496 g/mol. The van der Waals surface area contributed by atoms with Crippen molar-refractivity contribution in [3.05, 3.63) is 59.7 Å². The van der Waals surface area contributed by atoms with E-state index in [9.17, 15) is 10.1 Å². The van der Waals surface area contributed by atoms with Gasteiger partial charge in [0.05, 0.1) is 23.6 Å². The first kappa shape index (κ1) is 27.6. The Kier molecular flexibility index (Phi) is 8.14.